The van der Waals surface area contributed by atoms with Gasteiger partial charge in [0.15, 0.2) is 11.3 Å². The first-order valence-electron chi connectivity index (χ1n) is 9.04. The molecule has 0 aliphatic heterocycles. The van der Waals surface area contributed by atoms with Crippen LogP contribution >= 0.6 is 11.6 Å². The van der Waals surface area contributed by atoms with Crippen LogP contribution in [0.25, 0.3) is 11.0 Å². The number of hydrogen-bond donors (Lipinski definition) is 2. The topological polar surface area (TPSA) is 85.1 Å². The molecular formula is C19H24ClN5O2. The molecule has 2 N–H and O–H groups in total. The molecular weight excluding hydrogens is 366 g/mol. The third-order valence-electron chi connectivity index (χ3n) is 4.36. The molecule has 0 saturated heterocycles. The fraction of sp³-hybridized carbons (Fsp3) is 0.421. The highest BCUT2D eigenvalue weighted by Gasteiger charge is 2.16. The second kappa shape index (κ2) is 9.01. The zero-order chi connectivity index (χ0) is 19.2. The summed E-state index contributed by atoms with van der Waals surface area (Å²) in [6.07, 6.45) is 4.41. The molecule has 0 bridgehead atoms. The van der Waals surface area contributed by atoms with Crippen molar-refractivity contribution < 1.29 is 9.84 Å². The van der Waals surface area contributed by atoms with Crippen LogP contribution in [-0.2, 0) is 6.54 Å². The van der Waals surface area contributed by atoms with Gasteiger partial charge in [0.1, 0.15) is 11.3 Å². The number of aromatic nitrogens is 4. The average Bonchev–Trinajstić information content (AvgIpc) is 3.05. The van der Waals surface area contributed by atoms with E-state index in [1.165, 1.54) is 0 Å². The molecule has 1 aromatic carbocycles. The third-order valence-corrected chi connectivity index (χ3v) is 4.53. The summed E-state index contributed by atoms with van der Waals surface area (Å²) in [6, 6.07) is 7.93. The second-order valence-electron chi connectivity index (χ2n) is 6.36. The molecule has 0 amide bonds. The minimum absolute atomic E-state index is 0.105. The SMILES string of the molecule is CCCC(CCO)Nc1nc(Cl)nc2cn(Cc3ccccc3OC)nc12. The van der Waals surface area contributed by atoms with Gasteiger partial charge in [-0.3, -0.25) is 4.68 Å². The maximum absolute atomic E-state index is 9.30. The van der Waals surface area contributed by atoms with E-state index in [0.29, 0.717) is 29.8 Å². The van der Waals surface area contributed by atoms with Crippen LogP contribution in [0.2, 0.25) is 5.28 Å². The van der Waals surface area contributed by atoms with Gasteiger partial charge in [-0.2, -0.15) is 10.1 Å². The van der Waals surface area contributed by atoms with Gasteiger partial charge >= 0.3 is 0 Å². The molecule has 2 aromatic heterocycles. The number of ether oxygens (including phenoxy) is 1. The van der Waals surface area contributed by atoms with Crippen LogP contribution in [0.3, 0.4) is 0 Å². The molecule has 0 radical (unpaired) electrons. The van der Waals surface area contributed by atoms with Crippen molar-refractivity contribution in [2.75, 3.05) is 19.0 Å². The molecule has 144 valence electrons. The van der Waals surface area contributed by atoms with E-state index in [9.17, 15) is 5.11 Å². The molecule has 1 atom stereocenters. The summed E-state index contributed by atoms with van der Waals surface area (Å²) in [5, 5.41) is 17.5. The first kappa shape index (κ1) is 19.4. The van der Waals surface area contributed by atoms with Crippen molar-refractivity contribution in [1.82, 2.24) is 19.7 Å². The lowest BCUT2D eigenvalue weighted by molar-refractivity contribution is 0.276. The third kappa shape index (κ3) is 4.67. The Labute approximate surface area is 163 Å². The van der Waals surface area contributed by atoms with Crippen LogP contribution in [0.15, 0.2) is 30.5 Å². The second-order valence-corrected chi connectivity index (χ2v) is 6.69. The molecule has 0 fully saturated rings. The summed E-state index contributed by atoms with van der Waals surface area (Å²) in [6.45, 7) is 2.77. The maximum atomic E-state index is 9.30. The Morgan fingerprint density at radius 2 is 2.07 bits per heavy atom. The number of nitrogens with zero attached hydrogens (tertiary/aromatic N) is 4. The van der Waals surface area contributed by atoms with Crippen molar-refractivity contribution in [1.29, 1.82) is 0 Å². The number of aliphatic hydroxyl groups excluding tert-OH is 1. The Bertz CT molecular complexity index is 893. The number of rotatable bonds is 9. The number of methoxy groups -OCH3 is 1. The van der Waals surface area contributed by atoms with Crippen molar-refractivity contribution in [2.24, 2.45) is 0 Å². The van der Waals surface area contributed by atoms with Crippen molar-refractivity contribution in [3.8, 4) is 5.75 Å². The van der Waals surface area contributed by atoms with Gasteiger partial charge in [-0.15, -0.1) is 0 Å². The molecule has 3 rings (SSSR count). The van der Waals surface area contributed by atoms with Crippen LogP contribution in [-0.4, -0.2) is 44.6 Å². The molecule has 7 nitrogen and oxygen atoms in total. The fourth-order valence-corrected chi connectivity index (χ4v) is 3.28. The molecule has 3 aromatic rings. The first-order chi connectivity index (χ1) is 13.1. The van der Waals surface area contributed by atoms with E-state index in [-0.39, 0.29) is 17.9 Å². The normalized spacial score (nSPS) is 12.3. The van der Waals surface area contributed by atoms with Gasteiger partial charge in [0, 0.05) is 18.2 Å². The number of para-hydroxylation sites is 1. The highest BCUT2D eigenvalue weighted by atomic mass is 35.5. The molecule has 0 aliphatic rings. The molecule has 2 heterocycles. The molecule has 27 heavy (non-hydrogen) atoms. The van der Waals surface area contributed by atoms with E-state index in [1.807, 2.05) is 30.5 Å². The summed E-state index contributed by atoms with van der Waals surface area (Å²) >= 11 is 6.11. The number of nitrogens with one attached hydrogen (secondary N) is 1. The largest absolute Gasteiger partial charge is 0.496 e. The maximum Gasteiger partial charge on any atom is 0.225 e. The van der Waals surface area contributed by atoms with Crippen LogP contribution in [0.1, 0.15) is 31.7 Å². The van der Waals surface area contributed by atoms with E-state index in [1.54, 1.807) is 11.8 Å². The quantitative estimate of drug-likeness (QED) is 0.545. The molecule has 1 unspecified atom stereocenters. The number of fused-ring (bicyclic) bond motifs is 1. The molecule has 0 saturated carbocycles. The lowest BCUT2D eigenvalue weighted by atomic mass is 10.1. The summed E-state index contributed by atoms with van der Waals surface area (Å²) < 4.78 is 7.22. The first-order valence-corrected chi connectivity index (χ1v) is 9.42. The van der Waals surface area contributed by atoms with E-state index >= 15 is 0 Å². The summed E-state index contributed by atoms with van der Waals surface area (Å²) in [4.78, 5) is 8.61. The minimum atomic E-state index is 0.105. The fourth-order valence-electron chi connectivity index (χ4n) is 3.11. The average molecular weight is 390 g/mol. The Hall–Kier alpha value is -2.38. The number of anilines is 1. The number of halogens is 1. The van der Waals surface area contributed by atoms with E-state index in [4.69, 9.17) is 16.3 Å². The van der Waals surface area contributed by atoms with Crippen molar-refractivity contribution in [3.05, 3.63) is 41.3 Å². The highest BCUT2D eigenvalue weighted by molar-refractivity contribution is 6.28. The van der Waals surface area contributed by atoms with Crippen molar-refractivity contribution in [2.45, 2.75) is 38.8 Å². The van der Waals surface area contributed by atoms with Gasteiger partial charge in [-0.1, -0.05) is 31.5 Å². The lowest BCUT2D eigenvalue weighted by Crippen LogP contribution is -2.21. The molecule has 0 spiro atoms. The van der Waals surface area contributed by atoms with Crippen molar-refractivity contribution >= 4 is 28.5 Å². The summed E-state index contributed by atoms with van der Waals surface area (Å²) in [7, 11) is 1.65. The van der Waals surface area contributed by atoms with Crippen LogP contribution < -0.4 is 10.1 Å². The predicted octanol–water partition coefficient (Wildman–Crippen LogP) is 3.50. The zero-order valence-corrected chi connectivity index (χ0v) is 16.3. The number of benzene rings is 1. The Morgan fingerprint density at radius 1 is 1.26 bits per heavy atom. The van der Waals surface area contributed by atoms with Gasteiger partial charge < -0.3 is 15.2 Å². The van der Waals surface area contributed by atoms with Crippen LogP contribution in [0.5, 0.6) is 5.75 Å². The standard InChI is InChI=1S/C19H24ClN5O2/c1-3-6-14(9-10-26)21-18-17-15(22-19(20)23-18)12-25(24-17)11-13-7-4-5-8-16(13)27-2/h4-5,7-8,12,14,26H,3,6,9-11H2,1-2H3,(H,21,22,23). The highest BCUT2D eigenvalue weighted by Crippen LogP contribution is 2.24. The van der Waals surface area contributed by atoms with E-state index in [0.717, 1.165) is 24.2 Å². The zero-order valence-electron chi connectivity index (χ0n) is 15.5. The Balaban J connectivity index is 1.92. The molecule has 8 heteroatoms. The van der Waals surface area contributed by atoms with Gasteiger partial charge in [-0.25, -0.2) is 4.98 Å². The monoisotopic (exact) mass is 389 g/mol. The van der Waals surface area contributed by atoms with E-state index < -0.39 is 0 Å². The molecule has 0 aliphatic carbocycles. The Kier molecular flexibility index (Phi) is 6.47. The van der Waals surface area contributed by atoms with Gasteiger partial charge in [0.25, 0.3) is 0 Å². The smallest absolute Gasteiger partial charge is 0.225 e. The number of aliphatic hydroxyl groups is 1. The Morgan fingerprint density at radius 3 is 2.81 bits per heavy atom. The van der Waals surface area contributed by atoms with Gasteiger partial charge in [0.2, 0.25) is 5.28 Å². The van der Waals surface area contributed by atoms with Gasteiger partial charge in [-0.05, 0) is 30.5 Å². The van der Waals surface area contributed by atoms with Gasteiger partial charge in [0.05, 0.1) is 19.9 Å². The van der Waals surface area contributed by atoms with Crippen molar-refractivity contribution in [3.63, 3.8) is 0 Å². The minimum Gasteiger partial charge on any atom is -0.496 e. The van der Waals surface area contributed by atoms with Crippen LogP contribution in [0.4, 0.5) is 5.82 Å². The van der Waals surface area contributed by atoms with Crippen LogP contribution in [0, 0.1) is 0 Å². The summed E-state index contributed by atoms with van der Waals surface area (Å²) in [5.41, 5.74) is 2.35. The summed E-state index contributed by atoms with van der Waals surface area (Å²) in [5.74, 6) is 1.40. The predicted molar refractivity (Wildman–Crippen MR) is 106 cm³/mol. The number of hydrogen-bond acceptors (Lipinski definition) is 6. The lowest BCUT2D eigenvalue weighted by Gasteiger charge is -2.17. The van der Waals surface area contributed by atoms with E-state index in [2.05, 4.69) is 27.3 Å².